The van der Waals surface area contributed by atoms with E-state index in [1.54, 1.807) is 0 Å². The third kappa shape index (κ3) is 4.65. The van der Waals surface area contributed by atoms with E-state index in [1.807, 2.05) is 30.0 Å². The Morgan fingerprint density at radius 2 is 2.18 bits per heavy atom. The number of carbonyl (C=O) groups is 2. The first-order chi connectivity index (χ1) is 10.6. The summed E-state index contributed by atoms with van der Waals surface area (Å²) in [6, 6.07) is 5.62. The van der Waals surface area contributed by atoms with Crippen LogP contribution in [0.5, 0.6) is 0 Å². The van der Waals surface area contributed by atoms with Gasteiger partial charge in [0, 0.05) is 22.9 Å². The highest BCUT2D eigenvalue weighted by molar-refractivity contribution is 8.00. The number of fused-ring (bicyclic) bond motifs is 1. The number of hydrogen-bond acceptors (Lipinski definition) is 4. The number of benzene rings is 1. The van der Waals surface area contributed by atoms with Crippen molar-refractivity contribution >= 4 is 40.9 Å². The molecule has 0 fully saturated rings. The first-order valence-corrected chi connectivity index (χ1v) is 8.86. The van der Waals surface area contributed by atoms with Gasteiger partial charge in [0.05, 0.1) is 18.0 Å². The van der Waals surface area contributed by atoms with Crippen LogP contribution < -0.4 is 4.90 Å². The molecular formula is C16H20ClNO3S. The minimum Gasteiger partial charge on any atom is -0.466 e. The van der Waals surface area contributed by atoms with E-state index in [1.165, 1.54) is 11.8 Å². The summed E-state index contributed by atoms with van der Waals surface area (Å²) in [6.07, 6.45) is 3.02. The zero-order chi connectivity index (χ0) is 15.9. The van der Waals surface area contributed by atoms with Gasteiger partial charge in [-0.25, -0.2) is 0 Å². The van der Waals surface area contributed by atoms with E-state index < -0.39 is 0 Å². The zero-order valence-electron chi connectivity index (χ0n) is 12.6. The van der Waals surface area contributed by atoms with E-state index in [0.717, 1.165) is 29.8 Å². The second kappa shape index (κ2) is 8.44. The van der Waals surface area contributed by atoms with E-state index >= 15 is 0 Å². The van der Waals surface area contributed by atoms with Crippen LogP contribution in [-0.4, -0.2) is 30.8 Å². The molecule has 0 saturated heterocycles. The lowest BCUT2D eigenvalue weighted by Crippen LogP contribution is -2.36. The topological polar surface area (TPSA) is 46.6 Å². The molecule has 1 aromatic carbocycles. The van der Waals surface area contributed by atoms with Crippen LogP contribution in [0.3, 0.4) is 0 Å². The van der Waals surface area contributed by atoms with Crippen LogP contribution in [0.25, 0.3) is 0 Å². The van der Waals surface area contributed by atoms with Crippen LogP contribution in [-0.2, 0) is 14.3 Å². The number of unbranched alkanes of at least 4 members (excludes halogenated alkanes) is 2. The maximum atomic E-state index is 12.1. The van der Waals surface area contributed by atoms with Gasteiger partial charge in [0.15, 0.2) is 0 Å². The van der Waals surface area contributed by atoms with Gasteiger partial charge in [-0.3, -0.25) is 9.59 Å². The quantitative estimate of drug-likeness (QED) is 0.557. The van der Waals surface area contributed by atoms with Gasteiger partial charge in [-0.15, -0.1) is 11.8 Å². The van der Waals surface area contributed by atoms with Crippen LogP contribution in [0, 0.1) is 0 Å². The fraction of sp³-hybridized carbons (Fsp3) is 0.500. The zero-order valence-corrected chi connectivity index (χ0v) is 14.2. The molecule has 1 aliphatic rings. The second-order valence-corrected chi connectivity index (χ2v) is 6.52. The third-order valence-corrected chi connectivity index (χ3v) is 4.70. The first-order valence-electron chi connectivity index (χ1n) is 7.50. The van der Waals surface area contributed by atoms with E-state index in [2.05, 4.69) is 0 Å². The summed E-state index contributed by atoms with van der Waals surface area (Å²) in [6.45, 7) is 2.91. The molecule has 0 saturated carbocycles. The number of halogens is 1. The van der Waals surface area contributed by atoms with Crippen LogP contribution >= 0.6 is 23.4 Å². The average Bonchev–Trinajstić information content (AvgIpc) is 2.49. The van der Waals surface area contributed by atoms with Crippen molar-refractivity contribution in [2.75, 3.05) is 23.8 Å². The monoisotopic (exact) mass is 341 g/mol. The summed E-state index contributed by atoms with van der Waals surface area (Å²) in [5.74, 6) is 0.439. The van der Waals surface area contributed by atoms with E-state index in [4.69, 9.17) is 16.3 Å². The molecule has 0 atom stereocenters. The predicted octanol–water partition coefficient (Wildman–Crippen LogP) is 3.90. The van der Waals surface area contributed by atoms with E-state index in [-0.39, 0.29) is 11.9 Å². The fourth-order valence-electron chi connectivity index (χ4n) is 2.37. The number of nitrogens with zero attached hydrogens (tertiary/aromatic N) is 1. The smallest absolute Gasteiger partial charge is 0.305 e. The minimum atomic E-state index is -0.145. The molecule has 2 rings (SSSR count). The van der Waals surface area contributed by atoms with Gasteiger partial charge in [-0.2, -0.15) is 0 Å². The van der Waals surface area contributed by atoms with Crippen molar-refractivity contribution in [1.82, 2.24) is 0 Å². The molecule has 0 aromatic heterocycles. The Labute approximate surface area is 140 Å². The van der Waals surface area contributed by atoms with Crippen molar-refractivity contribution in [2.45, 2.75) is 37.5 Å². The second-order valence-electron chi connectivity index (χ2n) is 5.06. The SMILES string of the molecule is CCOC(=O)CCCCCN1C(=O)CSc2cc(Cl)ccc21. The molecular weight excluding hydrogens is 322 g/mol. The lowest BCUT2D eigenvalue weighted by Gasteiger charge is -2.29. The Hall–Kier alpha value is -1.20. The van der Waals surface area contributed by atoms with Gasteiger partial charge in [0.1, 0.15) is 0 Å². The van der Waals surface area contributed by atoms with Crippen molar-refractivity contribution in [1.29, 1.82) is 0 Å². The number of rotatable bonds is 7. The van der Waals surface area contributed by atoms with Gasteiger partial charge < -0.3 is 9.64 Å². The van der Waals surface area contributed by atoms with Gasteiger partial charge in [0.25, 0.3) is 0 Å². The van der Waals surface area contributed by atoms with Crippen molar-refractivity contribution in [3.8, 4) is 0 Å². The molecule has 0 N–H and O–H groups in total. The highest BCUT2D eigenvalue weighted by atomic mass is 35.5. The summed E-state index contributed by atoms with van der Waals surface area (Å²) in [5, 5.41) is 0.690. The van der Waals surface area contributed by atoms with Crippen LogP contribution in [0.4, 0.5) is 5.69 Å². The molecule has 0 unspecified atom stereocenters. The summed E-state index contributed by atoms with van der Waals surface area (Å²) in [4.78, 5) is 26.2. The van der Waals surface area contributed by atoms with E-state index in [9.17, 15) is 9.59 Å². The predicted molar refractivity (Wildman–Crippen MR) is 89.6 cm³/mol. The molecule has 22 heavy (non-hydrogen) atoms. The molecule has 1 heterocycles. The Morgan fingerprint density at radius 1 is 1.36 bits per heavy atom. The Bertz CT molecular complexity index is 550. The van der Waals surface area contributed by atoms with Crippen molar-refractivity contribution in [3.05, 3.63) is 23.2 Å². The Morgan fingerprint density at radius 3 is 2.95 bits per heavy atom. The van der Waals surface area contributed by atoms with Gasteiger partial charge in [-0.05, 0) is 38.0 Å². The van der Waals surface area contributed by atoms with Gasteiger partial charge in [0.2, 0.25) is 5.91 Å². The number of hydrogen-bond donors (Lipinski definition) is 0. The van der Waals surface area contributed by atoms with Crippen molar-refractivity contribution in [2.24, 2.45) is 0 Å². The fourth-order valence-corrected chi connectivity index (χ4v) is 3.58. The van der Waals surface area contributed by atoms with Crippen LogP contribution in [0.15, 0.2) is 23.1 Å². The maximum Gasteiger partial charge on any atom is 0.305 e. The molecule has 120 valence electrons. The van der Waals surface area contributed by atoms with Crippen molar-refractivity contribution in [3.63, 3.8) is 0 Å². The highest BCUT2D eigenvalue weighted by Crippen LogP contribution is 2.37. The largest absolute Gasteiger partial charge is 0.466 e. The molecule has 1 aromatic rings. The number of ether oxygens (including phenoxy) is 1. The molecule has 0 spiro atoms. The number of esters is 1. The molecule has 1 amide bonds. The molecule has 1 aliphatic heterocycles. The molecule has 0 aliphatic carbocycles. The van der Waals surface area contributed by atoms with Crippen LogP contribution in [0.2, 0.25) is 5.02 Å². The maximum absolute atomic E-state index is 12.1. The summed E-state index contributed by atoms with van der Waals surface area (Å²) < 4.78 is 4.89. The molecule has 4 nitrogen and oxygen atoms in total. The number of amides is 1. The minimum absolute atomic E-state index is 0.130. The molecule has 6 heteroatoms. The number of anilines is 1. The number of thioether (sulfide) groups is 1. The summed E-state index contributed by atoms with van der Waals surface area (Å²) >= 11 is 7.53. The first kappa shape index (κ1) is 17.2. The number of carbonyl (C=O) groups excluding carboxylic acids is 2. The Kier molecular flexibility index (Phi) is 6.58. The van der Waals surface area contributed by atoms with Gasteiger partial charge in [-0.1, -0.05) is 18.0 Å². The van der Waals surface area contributed by atoms with Crippen LogP contribution in [0.1, 0.15) is 32.6 Å². The van der Waals surface area contributed by atoms with Crippen molar-refractivity contribution < 1.29 is 14.3 Å². The normalized spacial score (nSPS) is 13.9. The van der Waals surface area contributed by atoms with E-state index in [0.29, 0.717) is 30.3 Å². The molecule has 0 radical (unpaired) electrons. The van der Waals surface area contributed by atoms with Gasteiger partial charge >= 0.3 is 5.97 Å². The lowest BCUT2D eigenvalue weighted by molar-refractivity contribution is -0.143. The third-order valence-electron chi connectivity index (χ3n) is 3.43. The standard InChI is InChI=1S/C16H20ClNO3S/c1-2-21-16(20)6-4-3-5-9-18-13-8-7-12(17)10-14(13)22-11-15(18)19/h7-8,10H,2-6,9,11H2,1H3. The summed E-state index contributed by atoms with van der Waals surface area (Å²) in [7, 11) is 0. The average molecular weight is 342 g/mol. The highest BCUT2D eigenvalue weighted by Gasteiger charge is 2.24. The molecule has 0 bridgehead atoms. The Balaban J connectivity index is 1.83. The lowest BCUT2D eigenvalue weighted by atomic mass is 10.1. The summed E-state index contributed by atoms with van der Waals surface area (Å²) in [5.41, 5.74) is 0.941.